The van der Waals surface area contributed by atoms with Crippen LogP contribution in [-0.2, 0) is 9.53 Å². The Bertz CT molecular complexity index is 1530. The lowest BCUT2D eigenvalue weighted by Crippen LogP contribution is -2.51. The molecule has 0 spiro atoms. The number of benzene rings is 2. The molecular formula is C30H31F2N5O4. The molecule has 4 N–H and O–H groups in total. The molecule has 1 amide bonds. The molecule has 2 aliphatic rings. The second kappa shape index (κ2) is 11.3. The zero-order valence-electron chi connectivity index (χ0n) is 22.8. The third kappa shape index (κ3) is 5.68. The van der Waals surface area contributed by atoms with Gasteiger partial charge in [-0.15, -0.1) is 0 Å². The highest BCUT2D eigenvalue weighted by Gasteiger charge is 2.45. The maximum atomic E-state index is 14.9. The van der Waals surface area contributed by atoms with Crippen LogP contribution in [0.1, 0.15) is 46.7 Å². The molecule has 2 atom stereocenters. The smallest absolute Gasteiger partial charge is 0.258 e. The second-order valence-corrected chi connectivity index (χ2v) is 10.4. The first-order valence-electron chi connectivity index (χ1n) is 13.2. The van der Waals surface area contributed by atoms with E-state index in [0.29, 0.717) is 24.4 Å². The summed E-state index contributed by atoms with van der Waals surface area (Å²) in [5.41, 5.74) is 6.74. The van der Waals surface area contributed by atoms with Crippen molar-refractivity contribution >= 4 is 23.2 Å². The predicted octanol–water partition coefficient (Wildman–Crippen LogP) is 4.32. The zero-order valence-corrected chi connectivity index (χ0v) is 22.8. The third-order valence-corrected chi connectivity index (χ3v) is 7.69. The monoisotopic (exact) mass is 563 g/mol. The van der Waals surface area contributed by atoms with E-state index in [2.05, 4.69) is 27.2 Å². The number of aromatic nitrogens is 2. The Labute approximate surface area is 236 Å². The van der Waals surface area contributed by atoms with Crippen molar-refractivity contribution in [3.05, 3.63) is 77.6 Å². The first-order valence-corrected chi connectivity index (χ1v) is 13.2. The third-order valence-electron chi connectivity index (χ3n) is 7.69. The number of hydrogen-bond acceptors (Lipinski definition) is 8. The normalized spacial score (nSPS) is 20.0. The molecule has 9 nitrogen and oxygen atoms in total. The molecule has 1 aromatic heterocycles. The van der Waals surface area contributed by atoms with Gasteiger partial charge in [-0.3, -0.25) is 14.9 Å². The Balaban J connectivity index is 1.44. The van der Waals surface area contributed by atoms with Crippen LogP contribution in [0.25, 0.3) is 11.3 Å². The number of nitrogens with zero attached hydrogens (tertiary/aromatic N) is 2. The number of ether oxygens (including phenoxy) is 2. The van der Waals surface area contributed by atoms with Gasteiger partial charge in [0.1, 0.15) is 35.8 Å². The van der Waals surface area contributed by atoms with Gasteiger partial charge < -0.3 is 20.5 Å². The van der Waals surface area contributed by atoms with E-state index in [1.807, 2.05) is 0 Å². The molecule has 1 saturated carbocycles. The Morgan fingerprint density at radius 3 is 2.68 bits per heavy atom. The van der Waals surface area contributed by atoms with Crippen molar-refractivity contribution in [1.82, 2.24) is 15.3 Å². The molecule has 1 aliphatic heterocycles. The van der Waals surface area contributed by atoms with Crippen LogP contribution >= 0.6 is 0 Å². The highest BCUT2D eigenvalue weighted by atomic mass is 19.1. The number of amides is 1. The number of carbonyl (C=O) groups excluding carboxylic acids is 2. The maximum Gasteiger partial charge on any atom is 0.258 e. The summed E-state index contributed by atoms with van der Waals surface area (Å²) in [6.07, 6.45) is 4.56. The molecule has 214 valence electrons. The topological polar surface area (TPSA) is 128 Å². The first-order chi connectivity index (χ1) is 19.7. The molecule has 0 radical (unpaired) electrons. The highest BCUT2D eigenvalue weighted by Crippen LogP contribution is 2.41. The van der Waals surface area contributed by atoms with E-state index in [1.165, 1.54) is 30.6 Å². The predicted molar refractivity (Wildman–Crippen MR) is 150 cm³/mol. The molecular weight excluding hydrogens is 532 g/mol. The summed E-state index contributed by atoms with van der Waals surface area (Å²) in [5, 5.41) is 5.78. The number of carbonyl (C=O) groups is 2. The van der Waals surface area contributed by atoms with E-state index in [4.69, 9.17) is 15.2 Å². The van der Waals surface area contributed by atoms with Gasteiger partial charge in [0, 0.05) is 31.3 Å². The van der Waals surface area contributed by atoms with Gasteiger partial charge in [0.25, 0.3) is 5.91 Å². The summed E-state index contributed by atoms with van der Waals surface area (Å²) in [5.74, 6) is -1.95. The van der Waals surface area contributed by atoms with E-state index in [1.54, 1.807) is 20.1 Å². The van der Waals surface area contributed by atoms with Crippen LogP contribution in [-0.4, -0.2) is 53.6 Å². The van der Waals surface area contributed by atoms with Gasteiger partial charge in [0.05, 0.1) is 11.7 Å². The quantitative estimate of drug-likeness (QED) is 0.311. The summed E-state index contributed by atoms with van der Waals surface area (Å²) < 4.78 is 41.1. The molecule has 2 fully saturated rings. The number of rotatable bonds is 10. The summed E-state index contributed by atoms with van der Waals surface area (Å²) >= 11 is 0. The van der Waals surface area contributed by atoms with Crippen molar-refractivity contribution in [2.24, 2.45) is 0 Å². The molecule has 41 heavy (non-hydrogen) atoms. The Morgan fingerprint density at radius 1 is 1.24 bits per heavy atom. The van der Waals surface area contributed by atoms with Crippen LogP contribution in [0.3, 0.4) is 0 Å². The van der Waals surface area contributed by atoms with Crippen molar-refractivity contribution in [3.63, 3.8) is 0 Å². The van der Waals surface area contributed by atoms with Gasteiger partial charge in [-0.2, -0.15) is 0 Å². The van der Waals surface area contributed by atoms with E-state index >= 15 is 0 Å². The number of nitrogens with two attached hydrogens (primary N) is 1. The maximum absolute atomic E-state index is 14.9. The SMILES string of the molecule is C=CC(=O)[C@@]1(COc2c(N)ncnc2-c2cc(F)cc(NC(=O)c3ccc(C4CC4)cc3F)c2C)C[C@@H](OC)CN1. The average molecular weight is 564 g/mol. The number of methoxy groups -OCH3 is 1. The molecule has 2 heterocycles. The van der Waals surface area contributed by atoms with Crippen LogP contribution in [0.5, 0.6) is 5.75 Å². The average Bonchev–Trinajstić information content (AvgIpc) is 3.73. The van der Waals surface area contributed by atoms with E-state index < -0.39 is 23.1 Å². The van der Waals surface area contributed by atoms with Crippen molar-refractivity contribution in [3.8, 4) is 17.0 Å². The van der Waals surface area contributed by atoms with Crippen molar-refractivity contribution in [2.45, 2.75) is 43.7 Å². The second-order valence-electron chi connectivity index (χ2n) is 10.4. The summed E-state index contributed by atoms with van der Waals surface area (Å²) in [6, 6.07) is 6.93. The van der Waals surface area contributed by atoms with Crippen LogP contribution in [0.15, 0.2) is 49.3 Å². The largest absolute Gasteiger partial charge is 0.485 e. The van der Waals surface area contributed by atoms with Crippen molar-refractivity contribution < 1.29 is 27.8 Å². The fraction of sp³-hybridized carbons (Fsp3) is 0.333. The highest BCUT2D eigenvalue weighted by molar-refractivity contribution is 6.05. The Morgan fingerprint density at radius 2 is 2.02 bits per heavy atom. The lowest BCUT2D eigenvalue weighted by atomic mass is 9.92. The molecule has 1 saturated heterocycles. The van der Waals surface area contributed by atoms with Gasteiger partial charge in [0.15, 0.2) is 17.4 Å². The van der Waals surface area contributed by atoms with Gasteiger partial charge >= 0.3 is 0 Å². The molecule has 0 unspecified atom stereocenters. The van der Waals surface area contributed by atoms with Crippen LogP contribution in [0.4, 0.5) is 20.3 Å². The molecule has 2 aromatic carbocycles. The molecule has 3 aromatic rings. The fourth-order valence-corrected chi connectivity index (χ4v) is 5.12. The summed E-state index contributed by atoms with van der Waals surface area (Å²) in [4.78, 5) is 34.1. The van der Waals surface area contributed by atoms with Crippen LogP contribution in [0, 0.1) is 18.6 Å². The standard InChI is InChI=1S/C30H31F2N5O4/c1-4-25(38)30(12-20(40-3)13-36-30)14-41-27-26(34-15-35-28(27)33)22-10-19(31)11-24(16(22)2)37-29(39)21-8-7-18(9-23(21)32)17-5-6-17/h4,7-11,15,17,20,36H,1,5-6,12-14H2,2-3H3,(H,37,39)(H2,33,34,35)/t20-,30+/m1/s1. The summed E-state index contributed by atoms with van der Waals surface area (Å²) in [7, 11) is 1.56. The Hall–Kier alpha value is -4.22. The van der Waals surface area contributed by atoms with E-state index in [0.717, 1.165) is 24.5 Å². The first kappa shape index (κ1) is 28.3. The number of anilines is 2. The van der Waals surface area contributed by atoms with Gasteiger partial charge in [-0.05, 0) is 67.2 Å². The fourth-order valence-electron chi connectivity index (χ4n) is 5.12. The number of hydrogen-bond donors (Lipinski definition) is 3. The summed E-state index contributed by atoms with van der Waals surface area (Å²) in [6.45, 7) is 5.55. The number of halogens is 2. The zero-order chi connectivity index (χ0) is 29.3. The van der Waals surface area contributed by atoms with E-state index in [9.17, 15) is 18.4 Å². The minimum atomic E-state index is -1.11. The van der Waals surface area contributed by atoms with Gasteiger partial charge in [0.2, 0.25) is 0 Å². The minimum Gasteiger partial charge on any atom is -0.485 e. The molecule has 0 bridgehead atoms. The number of nitrogen functional groups attached to an aromatic ring is 1. The van der Waals surface area contributed by atoms with Crippen LogP contribution < -0.4 is 21.1 Å². The van der Waals surface area contributed by atoms with Crippen molar-refractivity contribution in [1.29, 1.82) is 0 Å². The lowest BCUT2D eigenvalue weighted by molar-refractivity contribution is -0.121. The lowest BCUT2D eigenvalue weighted by Gasteiger charge is -2.27. The van der Waals surface area contributed by atoms with Crippen LogP contribution in [0.2, 0.25) is 0 Å². The van der Waals surface area contributed by atoms with E-state index in [-0.39, 0.29) is 52.6 Å². The minimum absolute atomic E-state index is 0.0236. The van der Waals surface area contributed by atoms with Crippen molar-refractivity contribution in [2.75, 3.05) is 31.3 Å². The molecule has 5 rings (SSSR count). The van der Waals surface area contributed by atoms with Gasteiger partial charge in [-0.1, -0.05) is 12.6 Å². The Kier molecular flexibility index (Phi) is 7.83. The number of ketones is 1. The molecule has 11 heteroatoms. The molecule has 1 aliphatic carbocycles. The van der Waals surface area contributed by atoms with Gasteiger partial charge in [-0.25, -0.2) is 18.7 Å². The number of nitrogens with one attached hydrogen (secondary N) is 2.